The van der Waals surface area contributed by atoms with Crippen LogP contribution < -0.4 is 11.7 Å². The third-order valence-corrected chi connectivity index (χ3v) is 2.45. The van der Waals surface area contributed by atoms with Gasteiger partial charge in [-0.15, -0.1) is 0 Å². The van der Waals surface area contributed by atoms with Gasteiger partial charge in [-0.05, 0) is 0 Å². The van der Waals surface area contributed by atoms with E-state index in [0.29, 0.717) is 0 Å². The van der Waals surface area contributed by atoms with Gasteiger partial charge < -0.3 is 4.74 Å². The molecule has 1 aromatic rings. The van der Waals surface area contributed by atoms with Crippen molar-refractivity contribution in [3.63, 3.8) is 0 Å². The van der Waals surface area contributed by atoms with E-state index in [1.165, 1.54) is 12.1 Å². The smallest absolute Gasteiger partial charge is 0.308 e. The quantitative estimate of drug-likeness (QED) is 0.285. The molecule has 7 nitrogen and oxygen atoms in total. The molecule has 0 aromatic heterocycles. The molecule has 0 heterocycles. The third-order valence-electron chi connectivity index (χ3n) is 1.52. The van der Waals surface area contributed by atoms with E-state index < -0.39 is 15.6 Å². The van der Waals surface area contributed by atoms with Crippen LogP contribution in [-0.4, -0.2) is 19.4 Å². The molecule has 0 aliphatic heterocycles. The molecule has 0 saturated heterocycles. The maximum absolute atomic E-state index is 10.8. The molecular formula is C8H12N2O5S. The highest BCUT2D eigenvalue weighted by atomic mass is 32.2. The molecule has 0 fully saturated rings. The average molecular weight is 248 g/mol. The average Bonchev–Trinajstić information content (AvgIpc) is 2.28. The van der Waals surface area contributed by atoms with Gasteiger partial charge in [0.1, 0.15) is 0 Å². The summed E-state index contributed by atoms with van der Waals surface area (Å²) in [6.45, 7) is -0.0224. The van der Waals surface area contributed by atoms with Crippen molar-refractivity contribution in [3.05, 3.63) is 35.9 Å². The van der Waals surface area contributed by atoms with Crippen LogP contribution in [-0.2, 0) is 19.6 Å². The molecule has 5 N–H and O–H groups in total. The number of hydrogen-bond donors (Lipinski definition) is 3. The highest BCUT2D eigenvalue weighted by molar-refractivity contribution is 7.85. The summed E-state index contributed by atoms with van der Waals surface area (Å²) in [6, 6.07) is 7.68. The summed E-state index contributed by atoms with van der Waals surface area (Å²) in [5.74, 6) is 8.00. The van der Waals surface area contributed by atoms with Crippen LogP contribution in [0.3, 0.4) is 0 Å². The summed E-state index contributed by atoms with van der Waals surface area (Å²) in [4.78, 5) is 10.0. The molecule has 0 spiro atoms. The van der Waals surface area contributed by atoms with Gasteiger partial charge in [-0.3, -0.25) is 21.0 Å². The zero-order valence-corrected chi connectivity index (χ0v) is 9.00. The van der Waals surface area contributed by atoms with Gasteiger partial charge >= 0.3 is 10.1 Å². The molecule has 1 rings (SSSR count). The lowest BCUT2D eigenvalue weighted by Gasteiger charge is -2.11. The van der Waals surface area contributed by atoms with E-state index in [1.54, 1.807) is 18.2 Å². The molecular weight excluding hydrogens is 236 g/mol. The minimum atomic E-state index is -4.43. The first kappa shape index (κ1) is 14.5. The van der Waals surface area contributed by atoms with Crippen LogP contribution in [0, 0.1) is 0 Å². The van der Waals surface area contributed by atoms with E-state index in [1.807, 2.05) is 0 Å². The van der Waals surface area contributed by atoms with Crippen molar-refractivity contribution in [3.8, 4) is 0 Å². The van der Waals surface area contributed by atoms with Crippen LogP contribution in [0.2, 0.25) is 0 Å². The standard InChI is InChI=1S/C8H8O5S.H4N2/c9-6-13-8(14(10,11)12)7-4-2-1-3-5-7;1-2/h1-6,8H,(H,10,11,12);1-2H2. The number of hydrazine groups is 1. The van der Waals surface area contributed by atoms with Crippen LogP contribution in [0.25, 0.3) is 0 Å². The van der Waals surface area contributed by atoms with Gasteiger partial charge in [-0.25, -0.2) is 0 Å². The highest BCUT2D eigenvalue weighted by Crippen LogP contribution is 2.21. The molecule has 0 aliphatic rings. The minimum absolute atomic E-state index is 0.0224. The van der Waals surface area contributed by atoms with Crippen molar-refractivity contribution in [1.82, 2.24) is 0 Å². The zero-order chi connectivity index (χ0) is 12.6. The Hall–Kier alpha value is -1.48. The summed E-state index contributed by atoms with van der Waals surface area (Å²) in [5, 5.41) is 0. The van der Waals surface area contributed by atoms with E-state index in [0.717, 1.165) is 0 Å². The number of carbonyl (C=O) groups excluding carboxylic acids is 1. The predicted octanol–water partition coefficient (Wildman–Crippen LogP) is -0.435. The van der Waals surface area contributed by atoms with Gasteiger partial charge in [0.25, 0.3) is 11.9 Å². The first-order chi connectivity index (χ1) is 7.55. The topological polar surface area (TPSA) is 133 Å². The van der Waals surface area contributed by atoms with Crippen LogP contribution in [0.4, 0.5) is 0 Å². The fourth-order valence-corrected chi connectivity index (χ4v) is 1.67. The molecule has 0 aliphatic carbocycles. The fraction of sp³-hybridized carbons (Fsp3) is 0.125. The van der Waals surface area contributed by atoms with Gasteiger partial charge in [-0.2, -0.15) is 8.42 Å². The summed E-state index contributed by atoms with van der Waals surface area (Å²) in [6.07, 6.45) is 0. The van der Waals surface area contributed by atoms with Crippen LogP contribution >= 0.6 is 0 Å². The van der Waals surface area contributed by atoms with E-state index in [4.69, 9.17) is 4.55 Å². The molecule has 90 valence electrons. The molecule has 8 heteroatoms. The van der Waals surface area contributed by atoms with Crippen molar-refractivity contribution in [1.29, 1.82) is 0 Å². The largest absolute Gasteiger partial charge is 0.440 e. The Morgan fingerprint density at radius 1 is 1.25 bits per heavy atom. The lowest BCUT2D eigenvalue weighted by molar-refractivity contribution is -0.130. The van der Waals surface area contributed by atoms with Gasteiger partial charge in [0.15, 0.2) is 0 Å². The first-order valence-electron chi connectivity index (χ1n) is 3.99. The number of ether oxygens (including phenoxy) is 1. The van der Waals surface area contributed by atoms with Crippen molar-refractivity contribution in [2.75, 3.05) is 0 Å². The predicted molar refractivity (Wildman–Crippen MR) is 56.3 cm³/mol. The zero-order valence-electron chi connectivity index (χ0n) is 8.18. The van der Waals surface area contributed by atoms with Crippen LogP contribution in [0.15, 0.2) is 30.3 Å². The van der Waals surface area contributed by atoms with E-state index >= 15 is 0 Å². The molecule has 0 saturated carbocycles. The highest BCUT2D eigenvalue weighted by Gasteiger charge is 2.25. The summed E-state index contributed by atoms with van der Waals surface area (Å²) >= 11 is 0. The Labute approximate surface area is 92.7 Å². The van der Waals surface area contributed by atoms with Gasteiger partial charge in [0.2, 0.25) is 0 Å². The van der Waals surface area contributed by atoms with Crippen LogP contribution in [0.1, 0.15) is 11.0 Å². The number of benzene rings is 1. The van der Waals surface area contributed by atoms with E-state index in [2.05, 4.69) is 16.4 Å². The van der Waals surface area contributed by atoms with Crippen molar-refractivity contribution in [2.45, 2.75) is 5.44 Å². The Morgan fingerprint density at radius 3 is 2.12 bits per heavy atom. The first-order valence-corrected chi connectivity index (χ1v) is 5.49. The molecule has 1 atom stereocenters. The van der Waals surface area contributed by atoms with Gasteiger partial charge in [0.05, 0.1) is 0 Å². The minimum Gasteiger partial charge on any atom is -0.440 e. The Balaban J connectivity index is 0.00000106. The monoisotopic (exact) mass is 248 g/mol. The van der Waals surface area contributed by atoms with Crippen molar-refractivity contribution >= 4 is 16.6 Å². The van der Waals surface area contributed by atoms with E-state index in [9.17, 15) is 13.2 Å². The SMILES string of the molecule is NN.O=COC(c1ccccc1)S(=O)(=O)O. The molecule has 0 bridgehead atoms. The Morgan fingerprint density at radius 2 is 1.75 bits per heavy atom. The summed E-state index contributed by atoms with van der Waals surface area (Å²) in [5.41, 5.74) is -1.46. The second-order valence-electron chi connectivity index (χ2n) is 2.49. The number of rotatable bonds is 4. The Kier molecular flexibility index (Phi) is 6.27. The molecule has 1 aromatic carbocycles. The molecule has 16 heavy (non-hydrogen) atoms. The van der Waals surface area contributed by atoms with Gasteiger partial charge in [-0.1, -0.05) is 30.3 Å². The molecule has 0 amide bonds. The second kappa shape index (κ2) is 6.90. The van der Waals surface area contributed by atoms with Crippen LogP contribution in [0.5, 0.6) is 0 Å². The Bertz CT molecular complexity index is 406. The van der Waals surface area contributed by atoms with Gasteiger partial charge in [0, 0.05) is 5.56 Å². The number of carbonyl (C=O) groups is 1. The van der Waals surface area contributed by atoms with Crippen molar-refractivity contribution < 1.29 is 22.5 Å². The lowest BCUT2D eigenvalue weighted by Crippen LogP contribution is -2.14. The molecule has 0 radical (unpaired) electrons. The fourth-order valence-electron chi connectivity index (χ4n) is 0.981. The normalized spacial score (nSPS) is 11.9. The number of hydrogen-bond acceptors (Lipinski definition) is 6. The maximum atomic E-state index is 10.8. The van der Waals surface area contributed by atoms with E-state index in [-0.39, 0.29) is 12.0 Å². The lowest BCUT2D eigenvalue weighted by atomic mass is 10.2. The second-order valence-corrected chi connectivity index (χ2v) is 3.95. The summed E-state index contributed by atoms with van der Waals surface area (Å²) in [7, 11) is -4.43. The maximum Gasteiger partial charge on any atom is 0.308 e. The third kappa shape index (κ3) is 4.36. The van der Waals surface area contributed by atoms with Crippen molar-refractivity contribution in [2.24, 2.45) is 11.7 Å². The summed E-state index contributed by atoms with van der Waals surface area (Å²) < 4.78 is 34.6. The number of nitrogens with two attached hydrogens (primary N) is 2. The molecule has 1 unspecified atom stereocenters.